The fourth-order valence-corrected chi connectivity index (χ4v) is 6.67. The molecule has 3 fully saturated rings. The molecule has 0 amide bonds. The molecule has 4 aliphatic rings. The Morgan fingerprint density at radius 2 is 1.90 bits per heavy atom. The van der Waals surface area contributed by atoms with E-state index in [4.69, 9.17) is 0 Å². The molecule has 0 spiro atoms. The molecule has 1 heteroatoms. The van der Waals surface area contributed by atoms with Crippen molar-refractivity contribution >= 4 is 0 Å². The molecule has 1 nitrogen and oxygen atoms in total. The molecule has 6 atom stereocenters. The minimum absolute atomic E-state index is 0.0296. The third-order valence-electron chi connectivity index (χ3n) is 7.97. The average Bonchev–Trinajstić information content (AvgIpc) is 2.74. The molecule has 0 aromatic heterocycles. The predicted octanol–water partition coefficient (Wildman–Crippen LogP) is 4.70. The third-order valence-corrected chi connectivity index (χ3v) is 7.97. The van der Waals surface area contributed by atoms with Crippen LogP contribution in [0.1, 0.15) is 71.6 Å². The molecule has 0 radical (unpaired) electrons. The van der Waals surface area contributed by atoms with E-state index in [1.54, 1.807) is 5.57 Å². The molecular weight excluding hydrogens is 244 g/mol. The second-order valence-electron chi connectivity index (χ2n) is 8.60. The van der Waals surface area contributed by atoms with Gasteiger partial charge in [-0.25, -0.2) is 0 Å². The molecule has 0 unspecified atom stereocenters. The molecule has 3 saturated carbocycles. The van der Waals surface area contributed by atoms with Crippen molar-refractivity contribution in [3.8, 4) is 0 Å². The van der Waals surface area contributed by atoms with Gasteiger partial charge in [-0.3, -0.25) is 0 Å². The van der Waals surface area contributed by atoms with Gasteiger partial charge >= 0.3 is 0 Å². The van der Waals surface area contributed by atoms with Gasteiger partial charge < -0.3 is 5.11 Å². The van der Waals surface area contributed by atoms with Crippen LogP contribution in [0.3, 0.4) is 0 Å². The number of aliphatic hydroxyl groups is 1. The maximum atomic E-state index is 10.5. The molecular formula is C19H30O. The summed E-state index contributed by atoms with van der Waals surface area (Å²) in [4.78, 5) is 0. The van der Waals surface area contributed by atoms with Crippen LogP contribution in [0.15, 0.2) is 11.6 Å². The summed E-state index contributed by atoms with van der Waals surface area (Å²) in [7, 11) is 0. The number of fused-ring (bicyclic) bond motifs is 5. The lowest BCUT2D eigenvalue weighted by Crippen LogP contribution is -2.50. The minimum atomic E-state index is -0.0296. The van der Waals surface area contributed by atoms with Gasteiger partial charge in [-0.15, -0.1) is 0 Å². The first-order valence-electron chi connectivity index (χ1n) is 8.93. The standard InChI is InChI=1S/C19H30O/c1-18-11-4-3-5-13(18)6-7-14-15-8-9-17(20)19(15,2)12-10-16(14)18/h6,14-17,20H,3-5,7-12H2,1-2H3/t14-,15-,16-,17-,18+,19-/m1/s1. The molecule has 0 aliphatic heterocycles. The predicted molar refractivity (Wildman–Crippen MR) is 82.3 cm³/mol. The van der Waals surface area contributed by atoms with Gasteiger partial charge in [0.2, 0.25) is 0 Å². The zero-order valence-electron chi connectivity index (χ0n) is 13.2. The lowest BCUT2D eigenvalue weighted by molar-refractivity contribution is -0.0661. The van der Waals surface area contributed by atoms with E-state index < -0.39 is 0 Å². The summed E-state index contributed by atoms with van der Waals surface area (Å²) >= 11 is 0. The van der Waals surface area contributed by atoms with Crippen LogP contribution < -0.4 is 0 Å². The lowest BCUT2D eigenvalue weighted by atomic mass is 9.48. The van der Waals surface area contributed by atoms with Crippen LogP contribution in [0.25, 0.3) is 0 Å². The second kappa shape index (κ2) is 4.35. The van der Waals surface area contributed by atoms with Gasteiger partial charge in [0.05, 0.1) is 6.10 Å². The molecule has 4 aliphatic carbocycles. The van der Waals surface area contributed by atoms with Crippen molar-refractivity contribution in [2.24, 2.45) is 28.6 Å². The summed E-state index contributed by atoms with van der Waals surface area (Å²) < 4.78 is 0. The van der Waals surface area contributed by atoms with Gasteiger partial charge in [-0.2, -0.15) is 0 Å². The van der Waals surface area contributed by atoms with E-state index in [0.717, 1.165) is 24.2 Å². The Bertz CT molecular complexity index is 439. The van der Waals surface area contributed by atoms with E-state index in [1.165, 1.54) is 51.4 Å². The average molecular weight is 274 g/mol. The van der Waals surface area contributed by atoms with Crippen molar-refractivity contribution in [2.75, 3.05) is 0 Å². The maximum Gasteiger partial charge on any atom is 0.0596 e. The Morgan fingerprint density at radius 1 is 1.05 bits per heavy atom. The van der Waals surface area contributed by atoms with Crippen molar-refractivity contribution in [1.29, 1.82) is 0 Å². The number of allylic oxidation sites excluding steroid dienone is 2. The molecule has 1 N–H and O–H groups in total. The third kappa shape index (κ3) is 1.59. The lowest BCUT2D eigenvalue weighted by Gasteiger charge is -2.57. The van der Waals surface area contributed by atoms with Crippen molar-refractivity contribution < 1.29 is 5.11 Å². The normalized spacial score (nSPS) is 54.6. The molecule has 4 rings (SSSR count). The number of hydrogen-bond acceptors (Lipinski definition) is 1. The number of aliphatic hydroxyl groups excluding tert-OH is 1. The van der Waals surface area contributed by atoms with Crippen LogP contribution in [-0.2, 0) is 0 Å². The molecule has 0 aromatic carbocycles. The first-order valence-corrected chi connectivity index (χ1v) is 8.93. The summed E-state index contributed by atoms with van der Waals surface area (Å²) in [6.07, 6.45) is 14.5. The largest absolute Gasteiger partial charge is 0.393 e. The molecule has 0 bridgehead atoms. The first kappa shape index (κ1) is 13.4. The SMILES string of the molecule is C[C@@]12CC[C@@H]3[C@H](CC=C4CCCC[C@@]43C)[C@H]1CC[C@H]2O. The van der Waals surface area contributed by atoms with E-state index in [-0.39, 0.29) is 11.5 Å². The summed E-state index contributed by atoms with van der Waals surface area (Å²) in [5.41, 5.74) is 2.54. The fraction of sp³-hybridized carbons (Fsp3) is 0.895. The number of rotatable bonds is 0. The smallest absolute Gasteiger partial charge is 0.0596 e. The highest BCUT2D eigenvalue weighted by Gasteiger charge is 2.57. The van der Waals surface area contributed by atoms with Crippen LogP contribution in [-0.4, -0.2) is 11.2 Å². The summed E-state index contributed by atoms with van der Waals surface area (Å²) in [6.45, 7) is 4.96. The monoisotopic (exact) mass is 274 g/mol. The molecule has 0 saturated heterocycles. The quantitative estimate of drug-likeness (QED) is 0.635. The first-order chi connectivity index (χ1) is 9.56. The Kier molecular flexibility index (Phi) is 2.91. The maximum absolute atomic E-state index is 10.5. The Balaban J connectivity index is 1.69. The van der Waals surface area contributed by atoms with Crippen LogP contribution in [0.5, 0.6) is 0 Å². The zero-order valence-corrected chi connectivity index (χ0v) is 13.2. The minimum Gasteiger partial charge on any atom is -0.393 e. The summed E-state index contributed by atoms with van der Waals surface area (Å²) in [5.74, 6) is 2.55. The van der Waals surface area contributed by atoms with E-state index in [1.807, 2.05) is 0 Å². The van der Waals surface area contributed by atoms with Gasteiger partial charge in [0.1, 0.15) is 0 Å². The van der Waals surface area contributed by atoms with Crippen molar-refractivity contribution in [3.63, 3.8) is 0 Å². The van der Waals surface area contributed by atoms with Gasteiger partial charge in [0, 0.05) is 0 Å². The van der Waals surface area contributed by atoms with Crippen LogP contribution in [0, 0.1) is 28.6 Å². The van der Waals surface area contributed by atoms with Crippen molar-refractivity contribution in [2.45, 2.75) is 77.7 Å². The van der Waals surface area contributed by atoms with Crippen LogP contribution in [0.4, 0.5) is 0 Å². The second-order valence-corrected chi connectivity index (χ2v) is 8.60. The Labute approximate surface area is 123 Å². The van der Waals surface area contributed by atoms with E-state index >= 15 is 0 Å². The van der Waals surface area contributed by atoms with Crippen LogP contribution >= 0.6 is 0 Å². The van der Waals surface area contributed by atoms with E-state index in [9.17, 15) is 5.11 Å². The summed E-state index contributed by atoms with van der Waals surface area (Å²) in [5, 5.41) is 10.5. The fourth-order valence-electron chi connectivity index (χ4n) is 6.67. The highest BCUT2D eigenvalue weighted by Crippen LogP contribution is 2.64. The highest BCUT2D eigenvalue weighted by molar-refractivity contribution is 5.24. The van der Waals surface area contributed by atoms with Gasteiger partial charge in [0.25, 0.3) is 0 Å². The van der Waals surface area contributed by atoms with Crippen LogP contribution in [0.2, 0.25) is 0 Å². The van der Waals surface area contributed by atoms with E-state index in [2.05, 4.69) is 19.9 Å². The van der Waals surface area contributed by atoms with Gasteiger partial charge in [-0.05, 0) is 80.0 Å². The number of hydrogen-bond donors (Lipinski definition) is 1. The Morgan fingerprint density at radius 3 is 2.75 bits per heavy atom. The summed E-state index contributed by atoms with van der Waals surface area (Å²) in [6, 6.07) is 0. The zero-order chi connectivity index (χ0) is 14.0. The highest BCUT2D eigenvalue weighted by atomic mass is 16.3. The van der Waals surface area contributed by atoms with Gasteiger partial charge in [-0.1, -0.05) is 31.9 Å². The molecule has 20 heavy (non-hydrogen) atoms. The topological polar surface area (TPSA) is 20.2 Å². The van der Waals surface area contributed by atoms with Crippen molar-refractivity contribution in [1.82, 2.24) is 0 Å². The molecule has 0 heterocycles. The van der Waals surface area contributed by atoms with E-state index in [0.29, 0.717) is 5.41 Å². The molecule has 0 aromatic rings. The van der Waals surface area contributed by atoms with Gasteiger partial charge in [0.15, 0.2) is 0 Å². The Hall–Kier alpha value is -0.300. The molecule has 112 valence electrons. The van der Waals surface area contributed by atoms with Crippen molar-refractivity contribution in [3.05, 3.63) is 11.6 Å².